The lowest BCUT2D eigenvalue weighted by molar-refractivity contribution is -0.138. The average Bonchev–Trinajstić information content (AvgIpc) is 2.96. The van der Waals surface area contributed by atoms with E-state index < -0.39 is 5.97 Å². The first kappa shape index (κ1) is 12.0. The van der Waals surface area contributed by atoms with Crippen molar-refractivity contribution in [2.75, 3.05) is 18.5 Å². The Bertz CT molecular complexity index is 424. The van der Waals surface area contributed by atoms with E-state index in [0.717, 1.165) is 19.4 Å². The van der Waals surface area contributed by atoms with Crippen LogP contribution in [-0.2, 0) is 4.79 Å². The Morgan fingerprint density at radius 2 is 2.18 bits per heavy atom. The van der Waals surface area contributed by atoms with Gasteiger partial charge in [-0.3, -0.25) is 4.79 Å². The molecule has 1 saturated carbocycles. The van der Waals surface area contributed by atoms with Crippen LogP contribution in [0.1, 0.15) is 24.8 Å². The fourth-order valence-electron chi connectivity index (χ4n) is 2.35. The second-order valence-corrected chi connectivity index (χ2v) is 5.27. The predicted molar refractivity (Wildman–Crippen MR) is 68.4 cm³/mol. The van der Waals surface area contributed by atoms with Crippen molar-refractivity contribution in [3.63, 3.8) is 0 Å². The van der Waals surface area contributed by atoms with Gasteiger partial charge in [0.1, 0.15) is 0 Å². The van der Waals surface area contributed by atoms with Crippen LogP contribution in [0, 0.1) is 12.3 Å². The number of rotatable bonds is 5. The summed E-state index contributed by atoms with van der Waals surface area (Å²) in [5, 5.41) is 8.90. The van der Waals surface area contributed by atoms with Gasteiger partial charge in [0.05, 0.1) is 6.42 Å². The minimum absolute atomic E-state index is 0.0182. The molecule has 1 aliphatic carbocycles. The summed E-state index contributed by atoms with van der Waals surface area (Å²) in [6, 6.07) is 8.32. The van der Waals surface area contributed by atoms with Crippen molar-refractivity contribution in [3.05, 3.63) is 29.8 Å². The fraction of sp³-hybridized carbons (Fsp3) is 0.500. The van der Waals surface area contributed by atoms with Crippen LogP contribution in [0.5, 0.6) is 0 Å². The molecule has 1 N–H and O–H groups in total. The zero-order valence-corrected chi connectivity index (χ0v) is 10.4. The van der Waals surface area contributed by atoms with Crippen LogP contribution >= 0.6 is 0 Å². The highest BCUT2D eigenvalue weighted by Crippen LogP contribution is 2.49. The van der Waals surface area contributed by atoms with E-state index in [1.165, 1.54) is 11.3 Å². The van der Waals surface area contributed by atoms with Crippen molar-refractivity contribution < 1.29 is 9.90 Å². The SMILES string of the molecule is Cc1cccc(N(C)CC2(CC(=O)O)CC2)c1. The maximum absolute atomic E-state index is 10.8. The Morgan fingerprint density at radius 1 is 1.47 bits per heavy atom. The molecule has 0 aromatic heterocycles. The molecule has 0 radical (unpaired) electrons. The number of hydrogen-bond acceptors (Lipinski definition) is 2. The summed E-state index contributed by atoms with van der Waals surface area (Å²) in [6.45, 7) is 2.91. The van der Waals surface area contributed by atoms with Gasteiger partial charge < -0.3 is 10.0 Å². The maximum Gasteiger partial charge on any atom is 0.303 e. The molecule has 3 heteroatoms. The van der Waals surface area contributed by atoms with Gasteiger partial charge in [0, 0.05) is 19.3 Å². The molecule has 2 rings (SSSR count). The van der Waals surface area contributed by atoms with E-state index >= 15 is 0 Å². The molecule has 17 heavy (non-hydrogen) atoms. The van der Waals surface area contributed by atoms with Crippen molar-refractivity contribution >= 4 is 11.7 Å². The molecule has 0 bridgehead atoms. The number of carboxylic acids is 1. The highest BCUT2D eigenvalue weighted by Gasteiger charge is 2.45. The maximum atomic E-state index is 10.8. The normalized spacial score (nSPS) is 16.6. The van der Waals surface area contributed by atoms with Gasteiger partial charge in [0.15, 0.2) is 0 Å². The quantitative estimate of drug-likeness (QED) is 0.850. The van der Waals surface area contributed by atoms with E-state index in [1.807, 2.05) is 13.1 Å². The summed E-state index contributed by atoms with van der Waals surface area (Å²) in [4.78, 5) is 13.0. The lowest BCUT2D eigenvalue weighted by Gasteiger charge is -2.25. The zero-order valence-electron chi connectivity index (χ0n) is 10.4. The molecule has 1 aromatic rings. The zero-order chi connectivity index (χ0) is 12.5. The molecule has 3 nitrogen and oxygen atoms in total. The number of aliphatic carboxylic acids is 1. The van der Waals surface area contributed by atoms with Gasteiger partial charge in [-0.15, -0.1) is 0 Å². The monoisotopic (exact) mass is 233 g/mol. The number of benzene rings is 1. The summed E-state index contributed by atoms with van der Waals surface area (Å²) in [6.07, 6.45) is 2.37. The third-order valence-corrected chi connectivity index (χ3v) is 3.50. The molecule has 0 spiro atoms. The van der Waals surface area contributed by atoms with Gasteiger partial charge in [-0.25, -0.2) is 0 Å². The third kappa shape index (κ3) is 2.99. The van der Waals surface area contributed by atoms with Gasteiger partial charge >= 0.3 is 5.97 Å². The molecule has 1 aliphatic rings. The first-order valence-electron chi connectivity index (χ1n) is 6.00. The van der Waals surface area contributed by atoms with Crippen LogP contribution in [0.25, 0.3) is 0 Å². The summed E-state index contributed by atoms with van der Waals surface area (Å²) in [5.74, 6) is -0.680. The summed E-state index contributed by atoms with van der Waals surface area (Å²) >= 11 is 0. The van der Waals surface area contributed by atoms with E-state index in [0.29, 0.717) is 6.42 Å². The van der Waals surface area contributed by atoms with E-state index in [1.54, 1.807) is 0 Å². The van der Waals surface area contributed by atoms with Crippen LogP contribution < -0.4 is 4.90 Å². The van der Waals surface area contributed by atoms with Crippen LogP contribution in [0.2, 0.25) is 0 Å². The molecule has 0 heterocycles. The average molecular weight is 233 g/mol. The predicted octanol–water partition coefficient (Wildman–Crippen LogP) is 2.69. The Labute approximate surface area is 102 Å². The third-order valence-electron chi connectivity index (χ3n) is 3.50. The lowest BCUT2D eigenvalue weighted by atomic mass is 10.0. The van der Waals surface area contributed by atoms with Gasteiger partial charge in [-0.2, -0.15) is 0 Å². The molecule has 0 amide bonds. The number of aryl methyl sites for hydroxylation is 1. The van der Waals surface area contributed by atoms with E-state index in [9.17, 15) is 4.79 Å². The molecule has 0 saturated heterocycles. The van der Waals surface area contributed by atoms with Crippen LogP contribution in [0.4, 0.5) is 5.69 Å². The Kier molecular flexibility index (Phi) is 3.09. The van der Waals surface area contributed by atoms with Gasteiger partial charge in [-0.05, 0) is 42.9 Å². The van der Waals surface area contributed by atoms with Crippen molar-refractivity contribution in [1.82, 2.24) is 0 Å². The largest absolute Gasteiger partial charge is 0.481 e. The van der Waals surface area contributed by atoms with Crippen molar-refractivity contribution in [2.45, 2.75) is 26.2 Å². The second-order valence-electron chi connectivity index (χ2n) is 5.27. The van der Waals surface area contributed by atoms with Crippen LogP contribution in [0.15, 0.2) is 24.3 Å². The summed E-state index contributed by atoms with van der Waals surface area (Å²) < 4.78 is 0. The first-order valence-corrected chi connectivity index (χ1v) is 6.00. The minimum atomic E-state index is -0.680. The molecular formula is C14H19NO2. The number of nitrogens with zero attached hydrogens (tertiary/aromatic N) is 1. The van der Waals surface area contributed by atoms with Crippen LogP contribution in [0.3, 0.4) is 0 Å². The Balaban J connectivity index is 2.02. The van der Waals surface area contributed by atoms with Gasteiger partial charge in [-0.1, -0.05) is 12.1 Å². The molecule has 1 fully saturated rings. The molecule has 92 valence electrons. The van der Waals surface area contributed by atoms with Crippen molar-refractivity contribution in [2.24, 2.45) is 5.41 Å². The Morgan fingerprint density at radius 3 is 2.71 bits per heavy atom. The van der Waals surface area contributed by atoms with E-state index in [4.69, 9.17) is 5.11 Å². The topological polar surface area (TPSA) is 40.5 Å². The van der Waals surface area contributed by atoms with Crippen molar-refractivity contribution in [1.29, 1.82) is 0 Å². The number of carbonyl (C=O) groups is 1. The molecule has 1 aromatic carbocycles. The van der Waals surface area contributed by atoms with E-state index in [2.05, 4.69) is 30.0 Å². The second kappa shape index (κ2) is 4.40. The number of anilines is 1. The minimum Gasteiger partial charge on any atom is -0.481 e. The highest BCUT2D eigenvalue weighted by atomic mass is 16.4. The standard InChI is InChI=1S/C14H19NO2/c1-11-4-3-5-12(8-11)15(2)10-14(6-7-14)9-13(16)17/h3-5,8H,6-7,9-10H2,1-2H3,(H,16,17). The Hall–Kier alpha value is -1.51. The molecule has 0 unspecified atom stereocenters. The fourth-order valence-corrected chi connectivity index (χ4v) is 2.35. The van der Waals surface area contributed by atoms with Crippen LogP contribution in [-0.4, -0.2) is 24.7 Å². The summed E-state index contributed by atoms with van der Waals surface area (Å²) in [5.41, 5.74) is 2.42. The number of hydrogen-bond donors (Lipinski definition) is 1. The van der Waals surface area contributed by atoms with Gasteiger partial charge in [0.25, 0.3) is 0 Å². The van der Waals surface area contributed by atoms with E-state index in [-0.39, 0.29) is 5.41 Å². The lowest BCUT2D eigenvalue weighted by Crippen LogP contribution is -2.28. The van der Waals surface area contributed by atoms with Crippen molar-refractivity contribution in [3.8, 4) is 0 Å². The van der Waals surface area contributed by atoms with Gasteiger partial charge in [0.2, 0.25) is 0 Å². The number of carboxylic acid groups (broad SMARTS) is 1. The molecular weight excluding hydrogens is 214 g/mol. The molecule has 0 atom stereocenters. The highest BCUT2D eigenvalue weighted by molar-refractivity contribution is 5.68. The molecule has 0 aliphatic heterocycles. The smallest absolute Gasteiger partial charge is 0.303 e. The first-order chi connectivity index (χ1) is 8.01. The summed E-state index contributed by atoms with van der Waals surface area (Å²) in [7, 11) is 2.04.